The van der Waals surface area contributed by atoms with Crippen LogP contribution in [-0.2, 0) is 9.68 Å². The molecule has 0 aromatic rings. The highest BCUT2D eigenvalue weighted by molar-refractivity contribution is 5.73. The van der Waals surface area contributed by atoms with Crippen molar-refractivity contribution in [3.8, 4) is 0 Å². The second kappa shape index (κ2) is 2.72. The second-order valence-electron chi connectivity index (χ2n) is 5.57. The SMILES string of the molecule is CC1(C)C2CCC1(C)C(C(=O)OO)C2. The average Bonchev–Trinajstić information content (AvgIpc) is 2.47. The van der Waals surface area contributed by atoms with Gasteiger partial charge in [-0.15, -0.1) is 0 Å². The summed E-state index contributed by atoms with van der Waals surface area (Å²) in [5, 5.41) is 8.46. The molecule has 2 fully saturated rings. The van der Waals surface area contributed by atoms with E-state index in [4.69, 9.17) is 5.26 Å². The van der Waals surface area contributed by atoms with Crippen molar-refractivity contribution in [1.29, 1.82) is 0 Å². The molecule has 2 rings (SSSR count). The molecular formula is C11H18O3. The zero-order valence-corrected chi connectivity index (χ0v) is 9.04. The fourth-order valence-electron chi connectivity index (χ4n) is 3.62. The summed E-state index contributed by atoms with van der Waals surface area (Å²) in [5.74, 6) is 0.0561. The van der Waals surface area contributed by atoms with Crippen LogP contribution in [0.5, 0.6) is 0 Å². The third-order valence-electron chi connectivity index (χ3n) is 5.17. The summed E-state index contributed by atoms with van der Waals surface area (Å²) in [5.41, 5.74) is 0.212. The Balaban J connectivity index is 2.31. The molecule has 3 atom stereocenters. The molecule has 0 spiro atoms. The minimum atomic E-state index is -0.442. The van der Waals surface area contributed by atoms with Gasteiger partial charge in [-0.1, -0.05) is 20.8 Å². The number of fused-ring (bicyclic) bond motifs is 2. The molecule has 0 saturated heterocycles. The van der Waals surface area contributed by atoms with Crippen molar-refractivity contribution in [2.24, 2.45) is 22.7 Å². The van der Waals surface area contributed by atoms with E-state index in [1.54, 1.807) is 0 Å². The molecule has 0 aliphatic heterocycles. The van der Waals surface area contributed by atoms with E-state index in [1.807, 2.05) is 0 Å². The van der Waals surface area contributed by atoms with E-state index in [0.29, 0.717) is 5.92 Å². The maximum absolute atomic E-state index is 11.4. The Labute approximate surface area is 84.4 Å². The number of carbonyl (C=O) groups excluding carboxylic acids is 1. The minimum absolute atomic E-state index is 0.0114. The lowest BCUT2D eigenvalue weighted by Gasteiger charge is -2.37. The summed E-state index contributed by atoms with van der Waals surface area (Å²) in [7, 11) is 0. The van der Waals surface area contributed by atoms with Gasteiger partial charge in [-0.2, -0.15) is 5.26 Å². The van der Waals surface area contributed by atoms with Gasteiger partial charge in [-0.3, -0.25) is 0 Å². The van der Waals surface area contributed by atoms with Crippen LogP contribution in [0.2, 0.25) is 0 Å². The molecule has 3 heteroatoms. The van der Waals surface area contributed by atoms with E-state index in [-0.39, 0.29) is 16.7 Å². The summed E-state index contributed by atoms with van der Waals surface area (Å²) in [4.78, 5) is 15.3. The Bertz CT molecular complexity index is 272. The van der Waals surface area contributed by atoms with Crippen LogP contribution in [-0.4, -0.2) is 11.2 Å². The number of hydrogen-bond acceptors (Lipinski definition) is 3. The van der Waals surface area contributed by atoms with Crippen LogP contribution in [0.25, 0.3) is 0 Å². The molecule has 0 radical (unpaired) electrons. The molecule has 2 aliphatic rings. The predicted octanol–water partition coefficient (Wildman–Crippen LogP) is 2.46. The van der Waals surface area contributed by atoms with Crippen LogP contribution in [0.4, 0.5) is 0 Å². The maximum atomic E-state index is 11.4. The Morgan fingerprint density at radius 1 is 1.43 bits per heavy atom. The summed E-state index contributed by atoms with van der Waals surface area (Å²) in [6, 6.07) is 0. The molecule has 2 bridgehead atoms. The summed E-state index contributed by atoms with van der Waals surface area (Å²) < 4.78 is 0. The largest absolute Gasteiger partial charge is 0.345 e. The Morgan fingerprint density at radius 2 is 2.07 bits per heavy atom. The summed E-state index contributed by atoms with van der Waals surface area (Å²) >= 11 is 0. The quantitative estimate of drug-likeness (QED) is 0.520. The first-order valence-electron chi connectivity index (χ1n) is 5.29. The third-order valence-corrected chi connectivity index (χ3v) is 5.17. The highest BCUT2D eigenvalue weighted by Crippen LogP contribution is 2.68. The van der Waals surface area contributed by atoms with Crippen LogP contribution in [0.3, 0.4) is 0 Å². The molecule has 2 saturated carbocycles. The van der Waals surface area contributed by atoms with Crippen molar-refractivity contribution in [2.45, 2.75) is 40.0 Å². The Kier molecular flexibility index (Phi) is 1.94. The van der Waals surface area contributed by atoms with Gasteiger partial charge in [-0.05, 0) is 36.0 Å². The fraction of sp³-hybridized carbons (Fsp3) is 0.909. The van der Waals surface area contributed by atoms with Crippen molar-refractivity contribution >= 4 is 5.97 Å². The van der Waals surface area contributed by atoms with Crippen LogP contribution in [0.15, 0.2) is 0 Å². The topological polar surface area (TPSA) is 46.5 Å². The Hall–Kier alpha value is -0.570. The number of hydrogen-bond donors (Lipinski definition) is 1. The standard InChI is InChI=1S/C11H18O3/c1-10(2)7-4-5-11(10,3)8(6-7)9(12)14-13/h7-8,13H,4-6H2,1-3H3. The highest BCUT2D eigenvalue weighted by Gasteiger charge is 2.63. The zero-order chi connectivity index (χ0) is 10.6. The normalized spacial score (nSPS) is 44.0. The fourth-order valence-corrected chi connectivity index (χ4v) is 3.62. The van der Waals surface area contributed by atoms with Gasteiger partial charge in [0.2, 0.25) is 0 Å². The molecule has 2 aliphatic carbocycles. The van der Waals surface area contributed by atoms with Crippen molar-refractivity contribution in [3.05, 3.63) is 0 Å². The Morgan fingerprint density at radius 3 is 2.43 bits per heavy atom. The molecule has 3 unspecified atom stereocenters. The molecule has 0 amide bonds. The first-order chi connectivity index (χ1) is 6.43. The molecule has 0 heterocycles. The molecule has 0 aromatic heterocycles. The van der Waals surface area contributed by atoms with Crippen molar-refractivity contribution in [2.75, 3.05) is 0 Å². The molecule has 80 valence electrons. The van der Waals surface area contributed by atoms with Crippen LogP contribution in [0.1, 0.15) is 40.0 Å². The maximum Gasteiger partial charge on any atom is 0.345 e. The van der Waals surface area contributed by atoms with E-state index < -0.39 is 5.97 Å². The smallest absolute Gasteiger partial charge is 0.301 e. The van der Waals surface area contributed by atoms with Gasteiger partial charge in [0.05, 0.1) is 5.92 Å². The monoisotopic (exact) mass is 198 g/mol. The van der Waals surface area contributed by atoms with E-state index in [1.165, 1.54) is 6.42 Å². The first-order valence-corrected chi connectivity index (χ1v) is 5.29. The van der Waals surface area contributed by atoms with Gasteiger partial charge in [0, 0.05) is 0 Å². The predicted molar refractivity (Wildman–Crippen MR) is 51.4 cm³/mol. The van der Waals surface area contributed by atoms with Crippen LogP contribution in [0, 0.1) is 22.7 Å². The van der Waals surface area contributed by atoms with Crippen molar-refractivity contribution in [3.63, 3.8) is 0 Å². The molecule has 1 N–H and O–H groups in total. The van der Waals surface area contributed by atoms with Gasteiger partial charge in [-0.25, -0.2) is 4.79 Å². The van der Waals surface area contributed by atoms with Gasteiger partial charge < -0.3 is 4.89 Å². The lowest BCUT2D eigenvalue weighted by atomic mass is 9.67. The molecule has 3 nitrogen and oxygen atoms in total. The molecule has 14 heavy (non-hydrogen) atoms. The van der Waals surface area contributed by atoms with E-state index in [2.05, 4.69) is 25.7 Å². The number of rotatable bonds is 1. The molecule has 0 aromatic carbocycles. The summed E-state index contributed by atoms with van der Waals surface area (Å²) in [6.07, 6.45) is 3.16. The van der Waals surface area contributed by atoms with Gasteiger partial charge in [0.15, 0.2) is 0 Å². The lowest BCUT2D eigenvalue weighted by Crippen LogP contribution is -2.36. The van der Waals surface area contributed by atoms with Crippen LogP contribution < -0.4 is 0 Å². The van der Waals surface area contributed by atoms with Gasteiger partial charge in [0.25, 0.3) is 0 Å². The van der Waals surface area contributed by atoms with Crippen molar-refractivity contribution in [1.82, 2.24) is 0 Å². The third kappa shape index (κ3) is 0.937. The van der Waals surface area contributed by atoms with Gasteiger partial charge >= 0.3 is 5.97 Å². The minimum Gasteiger partial charge on any atom is -0.301 e. The lowest BCUT2D eigenvalue weighted by molar-refractivity contribution is -0.243. The average molecular weight is 198 g/mol. The van der Waals surface area contributed by atoms with E-state index in [9.17, 15) is 4.79 Å². The van der Waals surface area contributed by atoms with Crippen molar-refractivity contribution < 1.29 is 14.9 Å². The molecular weight excluding hydrogens is 180 g/mol. The van der Waals surface area contributed by atoms with Gasteiger partial charge in [0.1, 0.15) is 0 Å². The number of carbonyl (C=O) groups is 1. The van der Waals surface area contributed by atoms with E-state index in [0.717, 1.165) is 12.8 Å². The van der Waals surface area contributed by atoms with E-state index >= 15 is 0 Å². The zero-order valence-electron chi connectivity index (χ0n) is 9.04. The summed E-state index contributed by atoms with van der Waals surface area (Å²) in [6.45, 7) is 6.62. The first kappa shape index (κ1) is 9.97. The second-order valence-corrected chi connectivity index (χ2v) is 5.57. The van der Waals surface area contributed by atoms with Crippen LogP contribution >= 0.6 is 0 Å². The highest BCUT2D eigenvalue weighted by atomic mass is 17.1.